The zero-order valence-corrected chi connectivity index (χ0v) is 14.7. The number of hydrogen-bond acceptors (Lipinski definition) is 3. The minimum absolute atomic E-state index is 0.0882. The number of piperidine rings is 1. The molecule has 0 saturated carbocycles. The van der Waals surface area contributed by atoms with Gasteiger partial charge in [-0.2, -0.15) is 0 Å². The molecule has 1 aromatic carbocycles. The van der Waals surface area contributed by atoms with E-state index in [9.17, 15) is 9.90 Å². The molecule has 1 amide bonds. The molecule has 0 radical (unpaired) electrons. The minimum atomic E-state index is -0.784. The van der Waals surface area contributed by atoms with E-state index < -0.39 is 6.10 Å². The average molecular weight is 339 g/mol. The highest BCUT2D eigenvalue weighted by Crippen LogP contribution is 2.19. The lowest BCUT2D eigenvalue weighted by Crippen LogP contribution is -2.45. The first-order chi connectivity index (χ1) is 10.9. The highest BCUT2D eigenvalue weighted by Gasteiger charge is 2.22. The molecule has 1 aliphatic rings. The van der Waals surface area contributed by atoms with Gasteiger partial charge >= 0.3 is 0 Å². The number of likely N-dealkylation sites (tertiary alicyclic amines) is 1. The number of carbonyl (C=O) groups excluding carboxylic acids is 1. The van der Waals surface area contributed by atoms with Crippen molar-refractivity contribution in [3.8, 4) is 0 Å². The first-order valence-electron chi connectivity index (χ1n) is 8.39. The molecule has 1 unspecified atom stereocenters. The van der Waals surface area contributed by atoms with Gasteiger partial charge in [-0.3, -0.25) is 4.79 Å². The second-order valence-electron chi connectivity index (χ2n) is 6.81. The predicted octanol–water partition coefficient (Wildman–Crippen LogP) is 3.00. The van der Waals surface area contributed by atoms with Crippen molar-refractivity contribution in [1.29, 1.82) is 0 Å². The van der Waals surface area contributed by atoms with Gasteiger partial charge in [-0.05, 0) is 36.5 Å². The Bertz CT molecular complexity index is 496. The first-order valence-corrected chi connectivity index (χ1v) is 8.77. The number of aliphatic hydroxyl groups is 1. The molecule has 23 heavy (non-hydrogen) atoms. The molecule has 5 heteroatoms. The monoisotopic (exact) mass is 338 g/mol. The van der Waals surface area contributed by atoms with E-state index in [0.29, 0.717) is 10.9 Å². The lowest BCUT2D eigenvalue weighted by molar-refractivity contribution is -0.124. The molecule has 1 fully saturated rings. The topological polar surface area (TPSA) is 52.6 Å². The smallest absolute Gasteiger partial charge is 0.223 e. The maximum atomic E-state index is 12.1. The number of rotatable bonds is 6. The summed E-state index contributed by atoms with van der Waals surface area (Å²) in [6, 6.07) is 7.18. The first kappa shape index (κ1) is 18.2. The molecular weight excluding hydrogens is 312 g/mol. The van der Waals surface area contributed by atoms with Crippen LogP contribution >= 0.6 is 11.6 Å². The van der Waals surface area contributed by atoms with Crippen LogP contribution in [0.25, 0.3) is 0 Å². The lowest BCUT2D eigenvalue weighted by Gasteiger charge is -2.33. The number of nitrogens with one attached hydrogen (secondary N) is 1. The number of amides is 1. The molecule has 1 saturated heterocycles. The molecule has 128 valence electrons. The Morgan fingerprint density at radius 1 is 1.30 bits per heavy atom. The van der Waals surface area contributed by atoms with Gasteiger partial charge in [0.2, 0.25) is 5.91 Å². The number of nitrogens with zero attached hydrogens (tertiary/aromatic N) is 1. The van der Waals surface area contributed by atoms with Crippen LogP contribution in [0.1, 0.15) is 44.8 Å². The Balaban J connectivity index is 1.74. The van der Waals surface area contributed by atoms with Gasteiger partial charge in [0.25, 0.3) is 0 Å². The van der Waals surface area contributed by atoms with Crippen molar-refractivity contribution in [3.05, 3.63) is 34.9 Å². The van der Waals surface area contributed by atoms with Gasteiger partial charge in [-0.1, -0.05) is 37.6 Å². The van der Waals surface area contributed by atoms with Crippen LogP contribution in [0.5, 0.6) is 0 Å². The Hall–Kier alpha value is -1.10. The maximum absolute atomic E-state index is 12.1. The van der Waals surface area contributed by atoms with Crippen LogP contribution in [-0.4, -0.2) is 41.6 Å². The van der Waals surface area contributed by atoms with Crippen LogP contribution in [0, 0.1) is 5.92 Å². The normalized spacial score (nSPS) is 18.1. The minimum Gasteiger partial charge on any atom is -0.388 e. The molecule has 0 bridgehead atoms. The maximum Gasteiger partial charge on any atom is 0.223 e. The highest BCUT2D eigenvalue weighted by molar-refractivity contribution is 6.30. The lowest BCUT2D eigenvalue weighted by atomic mass is 10.0. The van der Waals surface area contributed by atoms with Gasteiger partial charge in [-0.25, -0.2) is 0 Å². The number of halogens is 1. The van der Waals surface area contributed by atoms with Gasteiger partial charge in [0, 0.05) is 30.7 Å². The largest absolute Gasteiger partial charge is 0.388 e. The van der Waals surface area contributed by atoms with E-state index in [1.807, 2.05) is 0 Å². The fourth-order valence-corrected chi connectivity index (χ4v) is 3.17. The van der Waals surface area contributed by atoms with E-state index in [-0.39, 0.29) is 18.4 Å². The third-order valence-corrected chi connectivity index (χ3v) is 4.46. The molecule has 0 spiro atoms. The second kappa shape index (κ2) is 8.67. The van der Waals surface area contributed by atoms with Crippen LogP contribution in [0.15, 0.2) is 24.3 Å². The summed E-state index contributed by atoms with van der Waals surface area (Å²) in [5.74, 6) is 0.588. The van der Waals surface area contributed by atoms with Gasteiger partial charge in [0.15, 0.2) is 0 Å². The van der Waals surface area contributed by atoms with E-state index in [1.54, 1.807) is 24.3 Å². The quantitative estimate of drug-likeness (QED) is 0.838. The fourth-order valence-electron chi connectivity index (χ4n) is 3.04. The Morgan fingerprint density at radius 2 is 1.91 bits per heavy atom. The zero-order chi connectivity index (χ0) is 16.8. The van der Waals surface area contributed by atoms with Crippen molar-refractivity contribution in [2.75, 3.05) is 19.6 Å². The van der Waals surface area contributed by atoms with Crippen molar-refractivity contribution < 1.29 is 9.90 Å². The molecule has 1 heterocycles. The summed E-state index contributed by atoms with van der Waals surface area (Å²) in [6.07, 6.45) is 1.27. The summed E-state index contributed by atoms with van der Waals surface area (Å²) in [6.45, 7) is 7.64. The van der Waals surface area contributed by atoms with Crippen molar-refractivity contribution >= 4 is 17.5 Å². The molecule has 0 aliphatic carbocycles. The van der Waals surface area contributed by atoms with Gasteiger partial charge < -0.3 is 15.3 Å². The van der Waals surface area contributed by atoms with Crippen molar-refractivity contribution in [1.82, 2.24) is 10.2 Å². The summed E-state index contributed by atoms with van der Waals surface area (Å²) in [5, 5.41) is 13.8. The molecule has 1 atom stereocenters. The van der Waals surface area contributed by atoms with Crippen molar-refractivity contribution in [2.45, 2.75) is 45.3 Å². The molecule has 1 aromatic rings. The number of benzene rings is 1. The van der Waals surface area contributed by atoms with Gasteiger partial charge in [-0.15, -0.1) is 0 Å². The summed E-state index contributed by atoms with van der Waals surface area (Å²) in [7, 11) is 0. The number of carbonyl (C=O) groups is 1. The van der Waals surface area contributed by atoms with E-state index in [0.717, 1.165) is 38.0 Å². The van der Waals surface area contributed by atoms with Crippen LogP contribution in [0.2, 0.25) is 5.02 Å². The average Bonchev–Trinajstić information content (AvgIpc) is 2.49. The Kier molecular flexibility index (Phi) is 6.88. The SMILES string of the molecule is CC(C)CN1CCC(NC(=O)CC(O)c2ccc(Cl)cc2)CC1. The molecule has 1 aliphatic heterocycles. The van der Waals surface area contributed by atoms with E-state index in [1.165, 1.54) is 0 Å². The number of aliphatic hydroxyl groups excluding tert-OH is 1. The summed E-state index contributed by atoms with van der Waals surface area (Å²) in [4.78, 5) is 14.6. The van der Waals surface area contributed by atoms with Crippen LogP contribution in [-0.2, 0) is 4.79 Å². The van der Waals surface area contributed by atoms with Gasteiger partial charge in [0.1, 0.15) is 0 Å². The van der Waals surface area contributed by atoms with Crippen molar-refractivity contribution in [3.63, 3.8) is 0 Å². The standard InChI is InChI=1S/C18H27ClN2O2/c1-13(2)12-21-9-7-16(8-10-21)20-18(23)11-17(22)14-3-5-15(19)6-4-14/h3-6,13,16-17,22H,7-12H2,1-2H3,(H,20,23). The fraction of sp³-hybridized carbons (Fsp3) is 0.611. The Labute approximate surface area is 143 Å². The van der Waals surface area contributed by atoms with E-state index in [2.05, 4.69) is 24.1 Å². The van der Waals surface area contributed by atoms with Gasteiger partial charge in [0.05, 0.1) is 12.5 Å². The third kappa shape index (κ3) is 6.13. The number of hydrogen-bond donors (Lipinski definition) is 2. The molecule has 0 aromatic heterocycles. The summed E-state index contributed by atoms with van der Waals surface area (Å²) in [5.41, 5.74) is 0.719. The summed E-state index contributed by atoms with van der Waals surface area (Å²) < 4.78 is 0. The van der Waals surface area contributed by atoms with E-state index in [4.69, 9.17) is 11.6 Å². The van der Waals surface area contributed by atoms with Crippen LogP contribution in [0.4, 0.5) is 0 Å². The summed E-state index contributed by atoms with van der Waals surface area (Å²) >= 11 is 5.83. The molecule has 2 rings (SSSR count). The van der Waals surface area contributed by atoms with E-state index >= 15 is 0 Å². The highest BCUT2D eigenvalue weighted by atomic mass is 35.5. The predicted molar refractivity (Wildman–Crippen MR) is 93.5 cm³/mol. The molecule has 4 nitrogen and oxygen atoms in total. The van der Waals surface area contributed by atoms with Crippen LogP contribution in [0.3, 0.4) is 0 Å². The van der Waals surface area contributed by atoms with Crippen LogP contribution < -0.4 is 5.32 Å². The van der Waals surface area contributed by atoms with Crippen molar-refractivity contribution in [2.24, 2.45) is 5.92 Å². The molecule has 2 N–H and O–H groups in total. The third-order valence-electron chi connectivity index (χ3n) is 4.21. The molecular formula is C18H27ClN2O2. The Morgan fingerprint density at radius 3 is 2.48 bits per heavy atom. The zero-order valence-electron chi connectivity index (χ0n) is 14.0. The second-order valence-corrected chi connectivity index (χ2v) is 7.24.